The van der Waals surface area contributed by atoms with E-state index in [-0.39, 0.29) is 6.42 Å². The van der Waals surface area contributed by atoms with Crippen LogP contribution in [0.5, 0.6) is 0 Å². The van der Waals surface area contributed by atoms with Crippen LogP contribution in [0.1, 0.15) is 53.4 Å². The maximum absolute atomic E-state index is 11.9. The quantitative estimate of drug-likeness (QED) is 0.828. The Morgan fingerprint density at radius 3 is 2.50 bits per heavy atom. The van der Waals surface area contributed by atoms with Gasteiger partial charge in [-0.1, -0.05) is 0 Å². The lowest BCUT2D eigenvalue weighted by molar-refractivity contribution is -0.142. The molecular weight excluding hydrogens is 262 g/mol. The topological polar surface area (TPSA) is 84.9 Å². The lowest BCUT2D eigenvalue weighted by atomic mass is 9.86. The third-order valence-electron chi connectivity index (χ3n) is 3.31. The second-order valence-corrected chi connectivity index (χ2v) is 6.41. The smallest absolute Gasteiger partial charge is 0.407 e. The van der Waals surface area contributed by atoms with Gasteiger partial charge in [0.15, 0.2) is 0 Å². The van der Waals surface area contributed by atoms with Gasteiger partial charge in [0.2, 0.25) is 0 Å². The monoisotopic (exact) mass is 287 g/mol. The summed E-state index contributed by atoms with van der Waals surface area (Å²) in [5.41, 5.74) is -1.28. The molecule has 1 aliphatic heterocycles. The first-order valence-electron chi connectivity index (χ1n) is 6.98. The van der Waals surface area contributed by atoms with E-state index in [1.54, 1.807) is 20.8 Å². The lowest BCUT2D eigenvalue weighted by Crippen LogP contribution is -2.55. The van der Waals surface area contributed by atoms with Gasteiger partial charge < -0.3 is 19.9 Å². The maximum Gasteiger partial charge on any atom is 0.407 e. The highest BCUT2D eigenvalue weighted by Gasteiger charge is 2.39. The normalized spacial score (nSPS) is 24.8. The third-order valence-corrected chi connectivity index (χ3v) is 3.31. The first-order chi connectivity index (χ1) is 9.12. The zero-order chi connectivity index (χ0) is 15.4. The van der Waals surface area contributed by atoms with E-state index >= 15 is 0 Å². The third kappa shape index (κ3) is 5.36. The van der Waals surface area contributed by atoms with Crippen molar-refractivity contribution in [2.24, 2.45) is 0 Å². The summed E-state index contributed by atoms with van der Waals surface area (Å²) in [4.78, 5) is 22.9. The van der Waals surface area contributed by atoms with E-state index in [1.165, 1.54) is 0 Å². The number of amides is 1. The molecule has 6 heteroatoms. The van der Waals surface area contributed by atoms with Crippen LogP contribution < -0.4 is 5.32 Å². The highest BCUT2D eigenvalue weighted by atomic mass is 16.6. The molecule has 1 fully saturated rings. The molecule has 1 saturated heterocycles. The molecule has 1 heterocycles. The Kier molecular flexibility index (Phi) is 5.39. The van der Waals surface area contributed by atoms with Gasteiger partial charge in [0.1, 0.15) is 5.60 Å². The van der Waals surface area contributed by atoms with E-state index in [4.69, 9.17) is 14.6 Å². The number of aliphatic carboxylic acids is 1. The molecule has 0 bridgehead atoms. The number of rotatable bonds is 4. The lowest BCUT2D eigenvalue weighted by Gasteiger charge is -2.40. The van der Waals surface area contributed by atoms with Crippen LogP contribution in [0, 0.1) is 0 Å². The summed E-state index contributed by atoms with van der Waals surface area (Å²) >= 11 is 0. The van der Waals surface area contributed by atoms with Crippen LogP contribution in [0.2, 0.25) is 0 Å². The van der Waals surface area contributed by atoms with Gasteiger partial charge in [-0.25, -0.2) is 4.79 Å². The molecule has 0 aliphatic carbocycles. The first kappa shape index (κ1) is 16.8. The number of carboxylic acid groups (broad SMARTS) is 1. The number of carbonyl (C=O) groups is 2. The zero-order valence-corrected chi connectivity index (χ0v) is 12.7. The van der Waals surface area contributed by atoms with Gasteiger partial charge in [0.05, 0.1) is 18.1 Å². The number of ether oxygens (including phenoxy) is 2. The van der Waals surface area contributed by atoms with E-state index in [2.05, 4.69) is 5.32 Å². The minimum atomic E-state index is -0.971. The summed E-state index contributed by atoms with van der Waals surface area (Å²) in [6, 6.07) is -0.602. The molecule has 2 atom stereocenters. The fourth-order valence-corrected chi connectivity index (χ4v) is 2.27. The molecule has 1 amide bonds. The summed E-state index contributed by atoms with van der Waals surface area (Å²) in [7, 11) is 0. The van der Waals surface area contributed by atoms with E-state index in [1.807, 2.05) is 6.92 Å². The van der Waals surface area contributed by atoms with E-state index in [0.717, 1.165) is 19.3 Å². The van der Waals surface area contributed by atoms with Crippen molar-refractivity contribution in [1.29, 1.82) is 0 Å². The predicted molar refractivity (Wildman–Crippen MR) is 73.6 cm³/mol. The summed E-state index contributed by atoms with van der Waals surface area (Å²) < 4.78 is 10.9. The Labute approximate surface area is 119 Å². The van der Waals surface area contributed by atoms with Gasteiger partial charge in [-0.05, 0) is 47.0 Å². The molecule has 0 aromatic carbocycles. The van der Waals surface area contributed by atoms with Crippen molar-refractivity contribution in [1.82, 2.24) is 5.32 Å². The summed E-state index contributed by atoms with van der Waals surface area (Å²) in [5.74, 6) is -0.971. The van der Waals surface area contributed by atoms with Crippen molar-refractivity contribution in [3.05, 3.63) is 0 Å². The second-order valence-electron chi connectivity index (χ2n) is 6.41. The van der Waals surface area contributed by atoms with Crippen LogP contribution in [0.4, 0.5) is 4.79 Å². The van der Waals surface area contributed by atoms with Crippen LogP contribution >= 0.6 is 0 Å². The van der Waals surface area contributed by atoms with E-state index < -0.39 is 29.3 Å². The molecule has 0 aromatic heterocycles. The SMILES string of the molecule is CC(C)(C)OC(=O)N[C@@H](CC(=O)O)C1(C)CCCCO1. The van der Waals surface area contributed by atoms with Crippen molar-refractivity contribution >= 4 is 12.1 Å². The van der Waals surface area contributed by atoms with E-state index in [9.17, 15) is 9.59 Å². The Hall–Kier alpha value is -1.30. The summed E-state index contributed by atoms with van der Waals surface area (Å²) in [6.45, 7) is 7.71. The molecule has 1 unspecified atom stereocenters. The maximum atomic E-state index is 11.9. The van der Waals surface area contributed by atoms with Crippen molar-refractivity contribution < 1.29 is 24.2 Å². The van der Waals surface area contributed by atoms with Crippen LogP contribution in [-0.2, 0) is 14.3 Å². The number of carbonyl (C=O) groups excluding carboxylic acids is 1. The first-order valence-corrected chi connectivity index (χ1v) is 6.98. The molecule has 1 aliphatic rings. The van der Waals surface area contributed by atoms with Crippen molar-refractivity contribution in [3.63, 3.8) is 0 Å². The van der Waals surface area contributed by atoms with Gasteiger partial charge in [0, 0.05) is 6.61 Å². The van der Waals surface area contributed by atoms with E-state index in [0.29, 0.717) is 6.61 Å². The van der Waals surface area contributed by atoms with Crippen molar-refractivity contribution in [3.8, 4) is 0 Å². The minimum absolute atomic E-state index is 0.185. The zero-order valence-electron chi connectivity index (χ0n) is 12.7. The van der Waals surface area contributed by atoms with Crippen LogP contribution in [0.15, 0.2) is 0 Å². The number of carboxylic acids is 1. The Morgan fingerprint density at radius 1 is 1.40 bits per heavy atom. The average Bonchev–Trinajstić information content (AvgIpc) is 2.25. The number of nitrogens with one attached hydrogen (secondary N) is 1. The summed E-state index contributed by atoms with van der Waals surface area (Å²) in [5, 5.41) is 11.7. The van der Waals surface area contributed by atoms with Gasteiger partial charge in [0.25, 0.3) is 0 Å². The van der Waals surface area contributed by atoms with Crippen LogP contribution in [0.25, 0.3) is 0 Å². The molecule has 0 spiro atoms. The van der Waals surface area contributed by atoms with Gasteiger partial charge in [-0.3, -0.25) is 4.79 Å². The highest BCUT2D eigenvalue weighted by molar-refractivity contribution is 5.72. The fraction of sp³-hybridized carbons (Fsp3) is 0.857. The Bertz CT molecular complexity index is 355. The molecule has 116 valence electrons. The second kappa shape index (κ2) is 6.43. The van der Waals surface area contributed by atoms with Crippen molar-refractivity contribution in [2.45, 2.75) is 70.6 Å². The molecule has 0 aromatic rings. The van der Waals surface area contributed by atoms with Crippen LogP contribution in [0.3, 0.4) is 0 Å². The average molecular weight is 287 g/mol. The molecule has 2 N–H and O–H groups in total. The van der Waals surface area contributed by atoms with Gasteiger partial charge in [-0.2, -0.15) is 0 Å². The molecule has 1 rings (SSSR count). The number of hydrogen-bond acceptors (Lipinski definition) is 4. The van der Waals surface area contributed by atoms with Crippen molar-refractivity contribution in [2.75, 3.05) is 6.61 Å². The number of alkyl carbamates (subject to hydrolysis) is 1. The molecule has 0 radical (unpaired) electrons. The molecule has 6 nitrogen and oxygen atoms in total. The standard InChI is InChI=1S/C14H25NO5/c1-13(2,3)20-12(18)15-10(9-11(16)17)14(4)7-5-6-8-19-14/h10H,5-9H2,1-4H3,(H,15,18)(H,16,17)/t10-,14?/m0/s1. The fourth-order valence-electron chi connectivity index (χ4n) is 2.27. The highest BCUT2D eigenvalue weighted by Crippen LogP contribution is 2.29. The molecular formula is C14H25NO5. The Morgan fingerprint density at radius 2 is 2.05 bits per heavy atom. The largest absolute Gasteiger partial charge is 0.481 e. The van der Waals surface area contributed by atoms with Gasteiger partial charge in [-0.15, -0.1) is 0 Å². The minimum Gasteiger partial charge on any atom is -0.481 e. The Balaban J connectivity index is 2.73. The molecule has 0 saturated carbocycles. The number of hydrogen-bond donors (Lipinski definition) is 2. The summed E-state index contributed by atoms with van der Waals surface area (Å²) in [6.07, 6.45) is 1.85. The predicted octanol–water partition coefficient (Wildman–Crippen LogP) is 2.31. The van der Waals surface area contributed by atoms with Crippen LogP contribution in [-0.4, -0.2) is 41.0 Å². The molecule has 20 heavy (non-hydrogen) atoms. The van der Waals surface area contributed by atoms with Gasteiger partial charge >= 0.3 is 12.1 Å².